The van der Waals surface area contributed by atoms with Crippen LogP contribution >= 0.6 is 11.3 Å². The number of ether oxygens (including phenoxy) is 1. The van der Waals surface area contributed by atoms with Crippen LogP contribution in [0.15, 0.2) is 47.4 Å². The molecule has 0 spiro atoms. The van der Waals surface area contributed by atoms with E-state index in [1.807, 2.05) is 0 Å². The lowest BCUT2D eigenvalue weighted by Gasteiger charge is -2.23. The zero-order valence-corrected chi connectivity index (χ0v) is 17.3. The molecule has 6 nitrogen and oxygen atoms in total. The van der Waals surface area contributed by atoms with E-state index in [4.69, 9.17) is 4.74 Å². The molecule has 4 rings (SSSR count). The van der Waals surface area contributed by atoms with Crippen LogP contribution in [0.1, 0.15) is 23.2 Å². The zero-order chi connectivity index (χ0) is 20.6. The number of hydrogen-bond donors (Lipinski definition) is 0. The summed E-state index contributed by atoms with van der Waals surface area (Å²) in [6.45, 7) is 0.943. The molecule has 0 radical (unpaired) electrons. The van der Waals surface area contributed by atoms with Crippen molar-refractivity contribution in [1.29, 1.82) is 0 Å². The number of benzene rings is 2. The van der Waals surface area contributed by atoms with E-state index in [0.29, 0.717) is 28.5 Å². The molecule has 0 saturated carbocycles. The number of halogens is 1. The van der Waals surface area contributed by atoms with Gasteiger partial charge in [0.05, 0.1) is 27.8 Å². The highest BCUT2D eigenvalue weighted by molar-refractivity contribution is 7.90. The summed E-state index contributed by atoms with van der Waals surface area (Å²) in [5.74, 6) is -0.864. The van der Waals surface area contributed by atoms with Crippen LogP contribution in [0.2, 0.25) is 0 Å². The minimum Gasteiger partial charge on any atom is -0.376 e. The first kappa shape index (κ1) is 19.9. The predicted molar refractivity (Wildman–Crippen MR) is 110 cm³/mol. The highest BCUT2D eigenvalue weighted by Gasteiger charge is 2.27. The van der Waals surface area contributed by atoms with Crippen LogP contribution in [-0.2, 0) is 14.6 Å². The van der Waals surface area contributed by atoms with Gasteiger partial charge in [-0.3, -0.25) is 9.69 Å². The summed E-state index contributed by atoms with van der Waals surface area (Å²) in [7, 11) is -3.35. The number of hydrogen-bond acceptors (Lipinski definition) is 6. The van der Waals surface area contributed by atoms with E-state index in [-0.39, 0.29) is 22.5 Å². The Hall–Kier alpha value is -2.36. The fourth-order valence-corrected chi connectivity index (χ4v) is 4.99. The molecule has 0 N–H and O–H groups in total. The summed E-state index contributed by atoms with van der Waals surface area (Å²) in [5.41, 5.74) is 0.820. The van der Waals surface area contributed by atoms with Crippen LogP contribution < -0.4 is 4.90 Å². The van der Waals surface area contributed by atoms with Gasteiger partial charge in [0.25, 0.3) is 5.91 Å². The first-order valence-electron chi connectivity index (χ1n) is 9.11. The van der Waals surface area contributed by atoms with Gasteiger partial charge >= 0.3 is 0 Å². The Morgan fingerprint density at radius 2 is 2.14 bits per heavy atom. The monoisotopic (exact) mass is 434 g/mol. The molecule has 1 aliphatic rings. The Morgan fingerprint density at radius 3 is 2.83 bits per heavy atom. The Kier molecular flexibility index (Phi) is 5.37. The molecule has 2 aromatic carbocycles. The van der Waals surface area contributed by atoms with Crippen molar-refractivity contribution in [3.05, 3.63) is 53.8 Å². The van der Waals surface area contributed by atoms with Crippen LogP contribution in [0.25, 0.3) is 10.2 Å². The molecule has 0 bridgehead atoms. The Labute approximate surface area is 171 Å². The minimum absolute atomic E-state index is 0.119. The average molecular weight is 435 g/mol. The Morgan fingerprint density at radius 1 is 1.31 bits per heavy atom. The average Bonchev–Trinajstić information content (AvgIpc) is 3.33. The number of nitrogens with zero attached hydrogens (tertiary/aromatic N) is 2. The summed E-state index contributed by atoms with van der Waals surface area (Å²) < 4.78 is 43.7. The van der Waals surface area contributed by atoms with Gasteiger partial charge in [-0.1, -0.05) is 17.4 Å². The van der Waals surface area contributed by atoms with Crippen molar-refractivity contribution in [3.8, 4) is 0 Å². The Balaban J connectivity index is 1.74. The normalized spacial score (nSPS) is 17.0. The molecule has 9 heteroatoms. The molecular weight excluding hydrogens is 415 g/mol. The molecule has 0 aliphatic carbocycles. The number of amides is 1. The first-order valence-corrected chi connectivity index (χ1v) is 11.8. The molecule has 29 heavy (non-hydrogen) atoms. The van der Waals surface area contributed by atoms with E-state index in [1.165, 1.54) is 40.5 Å². The molecule has 1 aliphatic heterocycles. The highest BCUT2D eigenvalue weighted by atomic mass is 32.2. The topological polar surface area (TPSA) is 76.6 Å². The van der Waals surface area contributed by atoms with E-state index in [2.05, 4.69) is 4.98 Å². The van der Waals surface area contributed by atoms with Gasteiger partial charge in [0.15, 0.2) is 15.0 Å². The minimum atomic E-state index is -3.35. The van der Waals surface area contributed by atoms with Gasteiger partial charge in [0, 0.05) is 18.4 Å². The second kappa shape index (κ2) is 7.81. The molecule has 1 amide bonds. The number of fused-ring (bicyclic) bond motifs is 1. The maximum Gasteiger partial charge on any atom is 0.260 e. The van der Waals surface area contributed by atoms with Crippen molar-refractivity contribution in [1.82, 2.24) is 4.98 Å². The van der Waals surface area contributed by atoms with Crippen LogP contribution in [0, 0.1) is 5.82 Å². The lowest BCUT2D eigenvalue weighted by molar-refractivity contribution is 0.0917. The lowest BCUT2D eigenvalue weighted by Crippen LogP contribution is -2.37. The van der Waals surface area contributed by atoms with Crippen molar-refractivity contribution in [3.63, 3.8) is 0 Å². The molecule has 1 atom stereocenters. The van der Waals surface area contributed by atoms with E-state index in [9.17, 15) is 17.6 Å². The van der Waals surface area contributed by atoms with Crippen molar-refractivity contribution < 1.29 is 22.3 Å². The van der Waals surface area contributed by atoms with Gasteiger partial charge in [-0.15, -0.1) is 0 Å². The van der Waals surface area contributed by atoms with Crippen LogP contribution in [0.5, 0.6) is 0 Å². The molecule has 1 saturated heterocycles. The fraction of sp³-hybridized carbons (Fsp3) is 0.300. The standard InChI is InChI=1S/C20H19FN2O4S2/c1-29(25,26)16-7-8-17-18(11-16)28-20(22-17)23(12-15-6-3-9-27-15)19(24)13-4-2-5-14(21)10-13/h2,4-5,7-8,10-11,15H,3,6,9,12H2,1H3. The summed E-state index contributed by atoms with van der Waals surface area (Å²) in [5, 5.41) is 0.426. The number of rotatable bonds is 5. The molecule has 2 heterocycles. The third kappa shape index (κ3) is 4.31. The predicted octanol–water partition coefficient (Wildman–Crippen LogP) is 3.66. The van der Waals surface area contributed by atoms with Crippen LogP contribution in [-0.4, -0.2) is 44.8 Å². The van der Waals surface area contributed by atoms with Crippen molar-refractivity contribution >= 4 is 42.4 Å². The van der Waals surface area contributed by atoms with Crippen molar-refractivity contribution in [2.75, 3.05) is 24.3 Å². The molecule has 3 aromatic rings. The van der Waals surface area contributed by atoms with Gasteiger partial charge in [-0.05, 0) is 49.2 Å². The van der Waals surface area contributed by atoms with Crippen LogP contribution in [0.3, 0.4) is 0 Å². The molecule has 1 aromatic heterocycles. The summed E-state index contributed by atoms with van der Waals surface area (Å²) in [6, 6.07) is 10.2. The maximum atomic E-state index is 13.7. The second-order valence-electron chi connectivity index (χ2n) is 6.96. The van der Waals surface area contributed by atoms with Gasteiger partial charge in [0.1, 0.15) is 5.82 Å². The SMILES string of the molecule is CS(=O)(=O)c1ccc2nc(N(CC3CCCO3)C(=O)c3cccc(F)c3)sc2c1. The number of carbonyl (C=O) groups excluding carboxylic acids is 1. The lowest BCUT2D eigenvalue weighted by atomic mass is 10.1. The van der Waals surface area contributed by atoms with Gasteiger partial charge in [-0.25, -0.2) is 17.8 Å². The van der Waals surface area contributed by atoms with E-state index in [1.54, 1.807) is 18.2 Å². The summed E-state index contributed by atoms with van der Waals surface area (Å²) in [4.78, 5) is 19.4. The number of sulfone groups is 1. The maximum absolute atomic E-state index is 13.7. The van der Waals surface area contributed by atoms with Gasteiger partial charge < -0.3 is 4.74 Å². The molecule has 1 fully saturated rings. The molecular formula is C20H19FN2O4S2. The number of aromatic nitrogens is 1. The number of carbonyl (C=O) groups is 1. The number of anilines is 1. The third-order valence-corrected chi connectivity index (χ3v) is 6.89. The molecule has 152 valence electrons. The van der Waals surface area contributed by atoms with Crippen molar-refractivity contribution in [2.45, 2.75) is 23.8 Å². The number of thiazole rings is 1. The van der Waals surface area contributed by atoms with E-state index in [0.717, 1.165) is 19.1 Å². The summed E-state index contributed by atoms with van der Waals surface area (Å²) >= 11 is 1.23. The quantitative estimate of drug-likeness (QED) is 0.613. The van der Waals surface area contributed by atoms with Crippen LogP contribution in [0.4, 0.5) is 9.52 Å². The summed E-state index contributed by atoms with van der Waals surface area (Å²) in [6.07, 6.45) is 2.78. The van der Waals surface area contributed by atoms with E-state index >= 15 is 0 Å². The third-order valence-electron chi connectivity index (χ3n) is 4.73. The Bertz CT molecular complexity index is 1170. The second-order valence-corrected chi connectivity index (χ2v) is 9.98. The highest BCUT2D eigenvalue weighted by Crippen LogP contribution is 2.32. The van der Waals surface area contributed by atoms with Crippen molar-refractivity contribution in [2.24, 2.45) is 0 Å². The van der Waals surface area contributed by atoms with Gasteiger partial charge in [-0.2, -0.15) is 0 Å². The van der Waals surface area contributed by atoms with Gasteiger partial charge in [0.2, 0.25) is 0 Å². The molecule has 1 unspecified atom stereocenters. The largest absolute Gasteiger partial charge is 0.376 e. The first-order chi connectivity index (χ1) is 13.8. The fourth-order valence-electron chi connectivity index (χ4n) is 3.26. The zero-order valence-electron chi connectivity index (χ0n) is 15.7. The van der Waals surface area contributed by atoms with E-state index < -0.39 is 15.7 Å². The smallest absolute Gasteiger partial charge is 0.260 e.